The Kier molecular flexibility index (Phi) is 5.10. The van der Waals surface area contributed by atoms with Gasteiger partial charge in [0.1, 0.15) is 0 Å². The number of hydrogen-bond acceptors (Lipinski definition) is 6. The minimum Gasteiger partial charge on any atom is -0.378 e. The predicted molar refractivity (Wildman–Crippen MR) is 87.4 cm³/mol. The summed E-state index contributed by atoms with van der Waals surface area (Å²) in [5.74, 6) is -0.243. The second-order valence-electron chi connectivity index (χ2n) is 4.74. The van der Waals surface area contributed by atoms with Crippen molar-refractivity contribution in [2.75, 3.05) is 36.2 Å². The van der Waals surface area contributed by atoms with Gasteiger partial charge in [-0.3, -0.25) is 4.79 Å². The molecule has 112 valence electrons. The van der Waals surface area contributed by atoms with Crippen molar-refractivity contribution in [3.63, 3.8) is 0 Å². The van der Waals surface area contributed by atoms with Crippen LogP contribution in [0.5, 0.6) is 0 Å². The lowest BCUT2D eigenvalue weighted by atomic mass is 10.2. The summed E-state index contributed by atoms with van der Waals surface area (Å²) in [4.78, 5) is 14.1. The molecule has 0 bridgehead atoms. The van der Waals surface area contributed by atoms with E-state index in [0.29, 0.717) is 10.1 Å². The predicted octanol–water partition coefficient (Wildman–Crippen LogP) is 2.68. The SMILES string of the molecule is CCCNc1nnc(C(=O)Nc2cccc(N(C)C)c2)s1. The largest absolute Gasteiger partial charge is 0.378 e. The quantitative estimate of drug-likeness (QED) is 0.858. The Hall–Kier alpha value is -2.15. The van der Waals surface area contributed by atoms with Gasteiger partial charge in [0.15, 0.2) is 0 Å². The normalized spacial score (nSPS) is 10.2. The van der Waals surface area contributed by atoms with Crippen molar-refractivity contribution < 1.29 is 4.79 Å². The molecule has 0 saturated carbocycles. The minimum atomic E-state index is -0.243. The molecule has 1 aromatic carbocycles. The van der Waals surface area contributed by atoms with E-state index < -0.39 is 0 Å². The van der Waals surface area contributed by atoms with Gasteiger partial charge >= 0.3 is 0 Å². The Morgan fingerprint density at radius 1 is 1.33 bits per heavy atom. The first kappa shape index (κ1) is 15.2. The van der Waals surface area contributed by atoms with Gasteiger partial charge in [0.05, 0.1) is 0 Å². The average Bonchev–Trinajstić information content (AvgIpc) is 2.94. The molecule has 0 fully saturated rings. The van der Waals surface area contributed by atoms with Crippen LogP contribution in [0.1, 0.15) is 23.1 Å². The number of nitrogens with zero attached hydrogens (tertiary/aromatic N) is 3. The molecule has 0 aliphatic rings. The van der Waals surface area contributed by atoms with Crippen LogP contribution in [-0.2, 0) is 0 Å². The number of anilines is 3. The number of benzene rings is 1. The topological polar surface area (TPSA) is 70.1 Å². The van der Waals surface area contributed by atoms with E-state index in [9.17, 15) is 4.79 Å². The molecule has 2 aromatic rings. The van der Waals surface area contributed by atoms with E-state index in [1.54, 1.807) is 0 Å². The molecule has 1 amide bonds. The van der Waals surface area contributed by atoms with E-state index in [4.69, 9.17) is 0 Å². The Morgan fingerprint density at radius 3 is 2.86 bits per heavy atom. The van der Waals surface area contributed by atoms with Crippen LogP contribution < -0.4 is 15.5 Å². The molecule has 2 N–H and O–H groups in total. The Morgan fingerprint density at radius 2 is 2.14 bits per heavy atom. The molecule has 0 spiro atoms. The third-order valence-electron chi connectivity index (χ3n) is 2.77. The summed E-state index contributed by atoms with van der Waals surface area (Å²) in [5.41, 5.74) is 1.76. The number of hydrogen-bond donors (Lipinski definition) is 2. The van der Waals surface area contributed by atoms with Crippen molar-refractivity contribution in [2.24, 2.45) is 0 Å². The zero-order valence-electron chi connectivity index (χ0n) is 12.4. The van der Waals surface area contributed by atoms with Gasteiger partial charge in [-0.15, -0.1) is 10.2 Å². The van der Waals surface area contributed by atoms with Crippen molar-refractivity contribution in [2.45, 2.75) is 13.3 Å². The van der Waals surface area contributed by atoms with Gasteiger partial charge in [0.2, 0.25) is 10.1 Å². The first-order valence-electron chi connectivity index (χ1n) is 6.76. The molecule has 0 aliphatic carbocycles. The summed E-state index contributed by atoms with van der Waals surface area (Å²) in [6.07, 6.45) is 0.998. The maximum atomic E-state index is 12.1. The average molecular weight is 305 g/mol. The van der Waals surface area contributed by atoms with Gasteiger partial charge in [-0.1, -0.05) is 24.3 Å². The lowest BCUT2D eigenvalue weighted by Gasteiger charge is -2.13. The third-order valence-corrected chi connectivity index (χ3v) is 3.65. The number of rotatable bonds is 6. The van der Waals surface area contributed by atoms with E-state index in [1.807, 2.05) is 43.3 Å². The molecule has 0 saturated heterocycles. The van der Waals surface area contributed by atoms with E-state index in [1.165, 1.54) is 11.3 Å². The van der Waals surface area contributed by atoms with E-state index in [2.05, 4.69) is 27.8 Å². The minimum absolute atomic E-state index is 0.243. The molecular weight excluding hydrogens is 286 g/mol. The number of nitrogens with one attached hydrogen (secondary N) is 2. The first-order valence-corrected chi connectivity index (χ1v) is 7.58. The van der Waals surface area contributed by atoms with Crippen LogP contribution in [0.4, 0.5) is 16.5 Å². The van der Waals surface area contributed by atoms with Crippen LogP contribution in [0.3, 0.4) is 0 Å². The second kappa shape index (κ2) is 7.03. The Balaban J connectivity index is 2.04. The molecular formula is C14H19N5OS. The molecule has 1 aromatic heterocycles. The Labute approximate surface area is 128 Å². The summed E-state index contributed by atoms with van der Waals surface area (Å²) < 4.78 is 0. The van der Waals surface area contributed by atoms with Crippen molar-refractivity contribution in [1.29, 1.82) is 0 Å². The Bertz CT molecular complexity index is 611. The number of carbonyl (C=O) groups is 1. The summed E-state index contributed by atoms with van der Waals surface area (Å²) in [5, 5.41) is 14.8. The summed E-state index contributed by atoms with van der Waals surface area (Å²) in [7, 11) is 3.91. The highest BCUT2D eigenvalue weighted by Crippen LogP contribution is 2.20. The van der Waals surface area contributed by atoms with Crippen LogP contribution in [0.15, 0.2) is 24.3 Å². The molecule has 2 rings (SSSR count). The fourth-order valence-electron chi connectivity index (χ4n) is 1.66. The highest BCUT2D eigenvalue weighted by Gasteiger charge is 2.13. The lowest BCUT2D eigenvalue weighted by Crippen LogP contribution is -2.13. The summed E-state index contributed by atoms with van der Waals surface area (Å²) >= 11 is 1.25. The van der Waals surface area contributed by atoms with Crippen LogP contribution in [0, 0.1) is 0 Å². The van der Waals surface area contributed by atoms with Crippen molar-refractivity contribution in [1.82, 2.24) is 10.2 Å². The van der Waals surface area contributed by atoms with Crippen molar-refractivity contribution >= 4 is 33.8 Å². The molecule has 0 atom stereocenters. The van der Waals surface area contributed by atoms with Gasteiger partial charge in [0.25, 0.3) is 5.91 Å². The smallest absolute Gasteiger partial charge is 0.286 e. The van der Waals surface area contributed by atoms with Gasteiger partial charge in [-0.2, -0.15) is 0 Å². The van der Waals surface area contributed by atoms with Gasteiger partial charge in [-0.05, 0) is 24.6 Å². The number of carbonyl (C=O) groups excluding carboxylic acids is 1. The number of amides is 1. The van der Waals surface area contributed by atoms with Crippen LogP contribution in [0.25, 0.3) is 0 Å². The van der Waals surface area contributed by atoms with E-state index in [0.717, 1.165) is 24.3 Å². The lowest BCUT2D eigenvalue weighted by molar-refractivity contribution is 0.102. The number of aromatic nitrogens is 2. The molecule has 1 heterocycles. The monoisotopic (exact) mass is 305 g/mol. The van der Waals surface area contributed by atoms with E-state index >= 15 is 0 Å². The van der Waals surface area contributed by atoms with Crippen LogP contribution in [0.2, 0.25) is 0 Å². The molecule has 21 heavy (non-hydrogen) atoms. The standard InChI is InChI=1S/C14H19N5OS/c1-4-8-15-14-18-17-13(21-14)12(20)16-10-6-5-7-11(9-10)19(2)3/h5-7,9H,4,8H2,1-3H3,(H,15,18)(H,16,20). The molecule has 0 unspecified atom stereocenters. The van der Waals surface area contributed by atoms with Gasteiger partial charge in [-0.25, -0.2) is 0 Å². The van der Waals surface area contributed by atoms with Gasteiger partial charge in [0, 0.05) is 32.0 Å². The molecule has 0 radical (unpaired) electrons. The van der Waals surface area contributed by atoms with Crippen LogP contribution in [-0.4, -0.2) is 36.7 Å². The van der Waals surface area contributed by atoms with Crippen molar-refractivity contribution in [3.8, 4) is 0 Å². The van der Waals surface area contributed by atoms with Gasteiger partial charge < -0.3 is 15.5 Å². The fraction of sp³-hybridized carbons (Fsp3) is 0.357. The zero-order valence-corrected chi connectivity index (χ0v) is 13.2. The molecule has 0 aliphatic heterocycles. The molecule has 6 nitrogen and oxygen atoms in total. The third kappa shape index (κ3) is 4.16. The zero-order chi connectivity index (χ0) is 15.2. The molecule has 7 heteroatoms. The van der Waals surface area contributed by atoms with E-state index in [-0.39, 0.29) is 5.91 Å². The van der Waals surface area contributed by atoms with Crippen molar-refractivity contribution in [3.05, 3.63) is 29.3 Å². The second-order valence-corrected chi connectivity index (χ2v) is 5.72. The highest BCUT2D eigenvalue weighted by molar-refractivity contribution is 7.17. The highest BCUT2D eigenvalue weighted by atomic mass is 32.1. The maximum absolute atomic E-state index is 12.1. The summed E-state index contributed by atoms with van der Waals surface area (Å²) in [6.45, 7) is 2.89. The first-order chi connectivity index (χ1) is 10.1. The fourth-order valence-corrected chi connectivity index (χ4v) is 2.33. The summed E-state index contributed by atoms with van der Waals surface area (Å²) in [6, 6.07) is 7.64. The van der Waals surface area contributed by atoms with Crippen LogP contribution >= 0.6 is 11.3 Å². The maximum Gasteiger partial charge on any atom is 0.286 e.